The molecular weight excluding hydrogens is 384 g/mol. The summed E-state index contributed by atoms with van der Waals surface area (Å²) in [4.78, 5) is 24.2. The van der Waals surface area contributed by atoms with Gasteiger partial charge in [0.05, 0.1) is 10.7 Å². The monoisotopic (exact) mass is 399 g/mol. The van der Waals surface area contributed by atoms with E-state index in [0.29, 0.717) is 10.8 Å². The first-order chi connectivity index (χ1) is 12.3. The number of nitrogens with one attached hydrogen (secondary N) is 1. The highest BCUT2D eigenvalue weighted by Crippen LogP contribution is 2.23. The van der Waals surface area contributed by atoms with Gasteiger partial charge < -0.3 is 14.8 Å². The van der Waals surface area contributed by atoms with Gasteiger partial charge in [0.2, 0.25) is 0 Å². The fourth-order valence-electron chi connectivity index (χ4n) is 1.94. The summed E-state index contributed by atoms with van der Waals surface area (Å²) < 4.78 is 23.5. The number of halogens is 3. The number of esters is 1. The zero-order valence-corrected chi connectivity index (χ0v) is 15.5. The maximum absolute atomic E-state index is 13.0. The lowest BCUT2D eigenvalue weighted by Crippen LogP contribution is -2.35. The Hall–Kier alpha value is -2.31. The van der Waals surface area contributed by atoms with E-state index in [2.05, 4.69) is 5.32 Å². The third kappa shape index (κ3) is 5.61. The lowest BCUT2D eigenvalue weighted by atomic mass is 10.3. The normalized spacial score (nSPS) is 12.8. The van der Waals surface area contributed by atoms with Crippen LogP contribution in [0.15, 0.2) is 42.5 Å². The van der Waals surface area contributed by atoms with Crippen LogP contribution < -0.4 is 10.1 Å². The molecule has 1 N–H and O–H groups in total. The number of rotatable bonds is 6. The fraction of sp³-hybridized carbons (Fsp3) is 0.222. The van der Waals surface area contributed by atoms with Crippen LogP contribution >= 0.6 is 23.2 Å². The molecule has 1 amide bonds. The molecule has 2 aromatic rings. The van der Waals surface area contributed by atoms with E-state index in [9.17, 15) is 14.0 Å². The molecule has 0 spiro atoms. The smallest absolute Gasteiger partial charge is 0.347 e. The molecule has 0 saturated heterocycles. The highest BCUT2D eigenvalue weighted by Gasteiger charge is 2.23. The van der Waals surface area contributed by atoms with Gasteiger partial charge in [0.25, 0.3) is 5.91 Å². The van der Waals surface area contributed by atoms with Crippen molar-refractivity contribution in [2.75, 3.05) is 5.32 Å². The first-order valence-electron chi connectivity index (χ1n) is 7.65. The van der Waals surface area contributed by atoms with Crippen LogP contribution in [0.3, 0.4) is 0 Å². The van der Waals surface area contributed by atoms with Crippen molar-refractivity contribution in [1.82, 2.24) is 0 Å². The second-order valence-corrected chi connectivity index (χ2v) is 6.25. The first-order valence-corrected chi connectivity index (χ1v) is 8.40. The molecule has 0 bridgehead atoms. The Morgan fingerprint density at radius 3 is 2.46 bits per heavy atom. The van der Waals surface area contributed by atoms with Crippen LogP contribution in [0, 0.1) is 5.82 Å². The average molecular weight is 400 g/mol. The van der Waals surface area contributed by atoms with Crippen LogP contribution in [0.25, 0.3) is 0 Å². The van der Waals surface area contributed by atoms with Crippen molar-refractivity contribution in [2.24, 2.45) is 0 Å². The van der Waals surface area contributed by atoms with Crippen LogP contribution in [0.1, 0.15) is 13.8 Å². The maximum Gasteiger partial charge on any atom is 0.347 e. The predicted octanol–water partition coefficient (Wildman–Crippen LogP) is 4.47. The van der Waals surface area contributed by atoms with Crippen molar-refractivity contribution in [1.29, 1.82) is 0 Å². The molecular formula is C18H16Cl2FNO4. The third-order valence-electron chi connectivity index (χ3n) is 3.29. The van der Waals surface area contributed by atoms with Gasteiger partial charge in [-0.3, -0.25) is 4.79 Å². The molecule has 138 valence electrons. The summed E-state index contributed by atoms with van der Waals surface area (Å²) in [5.41, 5.74) is 0.212. The molecule has 0 fully saturated rings. The molecule has 5 nitrogen and oxygen atoms in total. The predicted molar refractivity (Wildman–Crippen MR) is 97.1 cm³/mol. The Morgan fingerprint density at radius 2 is 1.81 bits per heavy atom. The number of benzene rings is 2. The molecule has 0 heterocycles. The van der Waals surface area contributed by atoms with E-state index in [0.717, 1.165) is 12.1 Å². The van der Waals surface area contributed by atoms with Gasteiger partial charge in [-0.2, -0.15) is 0 Å². The molecule has 2 rings (SSSR count). The van der Waals surface area contributed by atoms with E-state index >= 15 is 0 Å². The van der Waals surface area contributed by atoms with Gasteiger partial charge in [-0.25, -0.2) is 9.18 Å². The van der Waals surface area contributed by atoms with Crippen molar-refractivity contribution in [2.45, 2.75) is 26.1 Å². The second kappa shape index (κ2) is 8.87. The molecule has 2 unspecified atom stereocenters. The number of hydrogen-bond acceptors (Lipinski definition) is 4. The standard InChI is InChI=1S/C18H16Cl2FNO4/c1-10(17(23)22-16-7-6-13(21)9-15(16)20)26-18(24)11(2)25-14-5-3-4-12(19)8-14/h3-11H,1-2H3,(H,22,23). The Balaban J connectivity index is 1.91. The number of ether oxygens (including phenoxy) is 2. The summed E-state index contributed by atoms with van der Waals surface area (Å²) in [5.74, 6) is -1.46. The van der Waals surface area contributed by atoms with E-state index in [4.69, 9.17) is 32.7 Å². The van der Waals surface area contributed by atoms with E-state index in [1.165, 1.54) is 19.9 Å². The van der Waals surface area contributed by atoms with Crippen LogP contribution in [0.2, 0.25) is 10.0 Å². The summed E-state index contributed by atoms with van der Waals surface area (Å²) in [5, 5.41) is 2.97. The van der Waals surface area contributed by atoms with Gasteiger partial charge in [0.1, 0.15) is 11.6 Å². The third-order valence-corrected chi connectivity index (χ3v) is 3.84. The topological polar surface area (TPSA) is 64.6 Å². The largest absolute Gasteiger partial charge is 0.479 e. The molecule has 0 saturated carbocycles. The summed E-state index contributed by atoms with van der Waals surface area (Å²) in [6, 6.07) is 10.1. The lowest BCUT2D eigenvalue weighted by molar-refractivity contribution is -0.159. The molecule has 2 aromatic carbocycles. The number of anilines is 1. The Kier molecular flexibility index (Phi) is 6.83. The summed E-state index contributed by atoms with van der Waals surface area (Å²) in [6.07, 6.45) is -2.05. The van der Waals surface area contributed by atoms with Crippen LogP contribution in [-0.2, 0) is 14.3 Å². The quantitative estimate of drug-likeness (QED) is 0.727. The van der Waals surface area contributed by atoms with Crippen molar-refractivity contribution < 1.29 is 23.5 Å². The van der Waals surface area contributed by atoms with Crippen molar-refractivity contribution in [3.8, 4) is 5.75 Å². The molecule has 0 aliphatic rings. The Morgan fingerprint density at radius 1 is 1.08 bits per heavy atom. The molecule has 0 aromatic heterocycles. The lowest BCUT2D eigenvalue weighted by Gasteiger charge is -2.18. The zero-order chi connectivity index (χ0) is 19.3. The SMILES string of the molecule is CC(OC(=O)C(C)Oc1cccc(Cl)c1)C(=O)Nc1ccc(F)cc1Cl. The van der Waals surface area contributed by atoms with Crippen molar-refractivity contribution in [3.63, 3.8) is 0 Å². The number of carbonyl (C=O) groups excluding carboxylic acids is 2. The van der Waals surface area contributed by atoms with Gasteiger partial charge in [-0.1, -0.05) is 29.3 Å². The number of carbonyl (C=O) groups is 2. The van der Waals surface area contributed by atoms with Gasteiger partial charge in [0.15, 0.2) is 12.2 Å². The highest BCUT2D eigenvalue weighted by atomic mass is 35.5. The molecule has 26 heavy (non-hydrogen) atoms. The second-order valence-electron chi connectivity index (χ2n) is 5.41. The summed E-state index contributed by atoms with van der Waals surface area (Å²) in [6.45, 7) is 2.89. The molecule has 8 heteroatoms. The average Bonchev–Trinajstić information content (AvgIpc) is 2.57. The van der Waals surface area contributed by atoms with Gasteiger partial charge >= 0.3 is 5.97 Å². The molecule has 2 atom stereocenters. The van der Waals surface area contributed by atoms with Gasteiger partial charge in [0, 0.05) is 5.02 Å². The Bertz CT molecular complexity index is 816. The minimum Gasteiger partial charge on any atom is -0.479 e. The van der Waals surface area contributed by atoms with Crippen molar-refractivity contribution in [3.05, 3.63) is 58.3 Å². The Labute approximate surface area is 160 Å². The van der Waals surface area contributed by atoms with Gasteiger partial charge in [-0.15, -0.1) is 0 Å². The fourth-order valence-corrected chi connectivity index (χ4v) is 2.34. The summed E-state index contributed by atoms with van der Waals surface area (Å²) in [7, 11) is 0. The van der Waals surface area contributed by atoms with Gasteiger partial charge in [-0.05, 0) is 50.2 Å². The minimum absolute atomic E-state index is 0.0366. The summed E-state index contributed by atoms with van der Waals surface area (Å²) >= 11 is 11.7. The molecule has 0 aliphatic heterocycles. The van der Waals surface area contributed by atoms with E-state index in [-0.39, 0.29) is 10.7 Å². The number of amides is 1. The molecule has 0 aliphatic carbocycles. The van der Waals surface area contributed by atoms with E-state index in [1.54, 1.807) is 24.3 Å². The minimum atomic E-state index is -1.10. The molecule has 0 radical (unpaired) electrons. The highest BCUT2D eigenvalue weighted by molar-refractivity contribution is 6.33. The first kappa shape index (κ1) is 20.0. The van der Waals surface area contributed by atoms with E-state index < -0.39 is 29.9 Å². The number of hydrogen-bond donors (Lipinski definition) is 1. The zero-order valence-electron chi connectivity index (χ0n) is 14.0. The van der Waals surface area contributed by atoms with Crippen LogP contribution in [0.4, 0.5) is 10.1 Å². The maximum atomic E-state index is 13.0. The van der Waals surface area contributed by atoms with E-state index in [1.807, 2.05) is 0 Å². The van der Waals surface area contributed by atoms with Crippen molar-refractivity contribution >= 4 is 40.8 Å². The van der Waals surface area contributed by atoms with Crippen LogP contribution in [0.5, 0.6) is 5.75 Å². The van der Waals surface area contributed by atoms with Crippen LogP contribution in [-0.4, -0.2) is 24.1 Å².